The molecule has 1 heterocycles. The van der Waals surface area contributed by atoms with Crippen LogP contribution in [0.3, 0.4) is 0 Å². The molecule has 0 saturated heterocycles. The maximum Gasteiger partial charge on any atom is 0.222 e. The molecule has 1 aromatic heterocycles. The molecule has 74 valence electrons. The molecule has 1 rings (SSSR count). The van der Waals surface area contributed by atoms with E-state index in [2.05, 4.69) is 5.16 Å². The van der Waals surface area contributed by atoms with Crippen molar-refractivity contribution in [2.45, 2.75) is 20.1 Å². The van der Waals surface area contributed by atoms with Crippen molar-refractivity contribution in [1.82, 2.24) is 5.16 Å². The smallest absolute Gasteiger partial charge is 0.222 e. The van der Waals surface area contributed by atoms with Gasteiger partial charge in [-0.3, -0.25) is 0 Å². The molecule has 2 N–H and O–H groups in total. The first kappa shape index (κ1) is 10.0. The van der Waals surface area contributed by atoms with Gasteiger partial charge in [-0.05, 0) is 13.8 Å². The van der Waals surface area contributed by atoms with Crippen LogP contribution in [0.5, 0.6) is 0 Å². The maximum absolute atomic E-state index is 5.37. The van der Waals surface area contributed by atoms with E-state index in [0.717, 1.165) is 0 Å². The third-order valence-electron chi connectivity index (χ3n) is 1.42. The predicted octanol–water partition coefficient (Wildman–Crippen LogP) is 1.33. The average molecular weight is 186 g/mol. The Hall–Kier alpha value is -1.07. The normalized spacial score (nSPS) is 11.0. The number of hydrogen-bond acceptors (Lipinski definition) is 5. The molecule has 1 aromatic rings. The monoisotopic (exact) mass is 186 g/mol. The first-order valence-corrected chi connectivity index (χ1v) is 4.23. The molecule has 0 aliphatic carbocycles. The third kappa shape index (κ3) is 2.71. The molecular weight excluding hydrogens is 172 g/mol. The third-order valence-corrected chi connectivity index (χ3v) is 1.42. The molecule has 0 unspecified atom stereocenters. The van der Waals surface area contributed by atoms with Gasteiger partial charge in [-0.15, -0.1) is 0 Å². The van der Waals surface area contributed by atoms with Crippen LogP contribution in [-0.4, -0.2) is 18.4 Å². The van der Waals surface area contributed by atoms with Crippen LogP contribution in [0.25, 0.3) is 0 Å². The summed E-state index contributed by atoms with van der Waals surface area (Å²) in [6.07, 6.45) is -0.476. The molecule has 0 aromatic carbocycles. The second-order valence-electron chi connectivity index (χ2n) is 2.40. The van der Waals surface area contributed by atoms with Gasteiger partial charge in [0, 0.05) is 19.3 Å². The number of nitrogens with two attached hydrogens (primary N) is 1. The summed E-state index contributed by atoms with van der Waals surface area (Å²) in [4.78, 5) is 0. The number of aromatic nitrogens is 1. The average Bonchev–Trinajstić information content (AvgIpc) is 2.51. The molecular formula is C8H14N2O3. The van der Waals surface area contributed by atoms with E-state index < -0.39 is 6.29 Å². The van der Waals surface area contributed by atoms with Crippen LogP contribution in [0.15, 0.2) is 10.6 Å². The van der Waals surface area contributed by atoms with E-state index in [1.54, 1.807) is 6.07 Å². The van der Waals surface area contributed by atoms with E-state index in [0.29, 0.717) is 18.9 Å². The molecule has 0 saturated carbocycles. The molecule has 5 nitrogen and oxygen atoms in total. The summed E-state index contributed by atoms with van der Waals surface area (Å²) in [5.41, 5.74) is 5.94. The lowest BCUT2D eigenvalue weighted by atomic mass is 10.4. The molecule has 0 fully saturated rings. The van der Waals surface area contributed by atoms with Gasteiger partial charge in [0.1, 0.15) is 5.69 Å². The predicted molar refractivity (Wildman–Crippen MR) is 46.9 cm³/mol. The van der Waals surface area contributed by atoms with E-state index in [1.807, 2.05) is 13.8 Å². The minimum Gasteiger partial charge on any atom is -0.368 e. The Balaban J connectivity index is 2.63. The number of nitrogens with zero attached hydrogens (tertiary/aromatic N) is 1. The zero-order valence-electron chi connectivity index (χ0n) is 7.82. The number of nitrogen functional groups attached to an aromatic ring is 1. The Labute approximate surface area is 76.8 Å². The zero-order valence-corrected chi connectivity index (χ0v) is 7.82. The van der Waals surface area contributed by atoms with Crippen LogP contribution in [0.4, 0.5) is 5.88 Å². The minimum atomic E-state index is -0.476. The lowest BCUT2D eigenvalue weighted by molar-refractivity contribution is -0.143. The molecule has 0 atom stereocenters. The van der Waals surface area contributed by atoms with Crippen molar-refractivity contribution in [3.8, 4) is 0 Å². The van der Waals surface area contributed by atoms with E-state index in [4.69, 9.17) is 19.7 Å². The first-order chi connectivity index (χ1) is 6.27. The molecule has 0 amide bonds. The Bertz CT molecular complexity index is 243. The summed E-state index contributed by atoms with van der Waals surface area (Å²) in [5.74, 6) is 0.263. The van der Waals surface area contributed by atoms with Crippen LogP contribution in [0.1, 0.15) is 25.8 Å². The van der Waals surface area contributed by atoms with Crippen molar-refractivity contribution in [2.24, 2.45) is 0 Å². The summed E-state index contributed by atoms with van der Waals surface area (Å²) in [5, 5.41) is 3.70. The maximum atomic E-state index is 5.37. The van der Waals surface area contributed by atoms with Gasteiger partial charge in [-0.2, -0.15) is 0 Å². The lowest BCUT2D eigenvalue weighted by Gasteiger charge is -2.12. The fourth-order valence-electron chi connectivity index (χ4n) is 0.937. The molecule has 0 aliphatic rings. The molecule has 13 heavy (non-hydrogen) atoms. The molecule has 0 aliphatic heterocycles. The summed E-state index contributed by atoms with van der Waals surface area (Å²) in [7, 11) is 0. The topological polar surface area (TPSA) is 70.5 Å². The standard InChI is InChI=1S/C8H14N2O3/c1-3-11-8(12-4-2)6-5-7(9)13-10-6/h5,8H,3-4,9H2,1-2H3. The van der Waals surface area contributed by atoms with E-state index in [9.17, 15) is 0 Å². The highest BCUT2D eigenvalue weighted by atomic mass is 16.7. The highest BCUT2D eigenvalue weighted by Gasteiger charge is 2.15. The largest absolute Gasteiger partial charge is 0.368 e. The first-order valence-electron chi connectivity index (χ1n) is 4.23. The Morgan fingerprint density at radius 2 is 2.08 bits per heavy atom. The molecule has 0 radical (unpaired) electrons. The molecule has 0 bridgehead atoms. The van der Waals surface area contributed by atoms with Crippen molar-refractivity contribution in [2.75, 3.05) is 18.9 Å². The second kappa shape index (κ2) is 4.84. The fraction of sp³-hybridized carbons (Fsp3) is 0.625. The van der Waals surface area contributed by atoms with Gasteiger partial charge >= 0.3 is 0 Å². The number of anilines is 1. The van der Waals surface area contributed by atoms with Gasteiger partial charge < -0.3 is 19.7 Å². The fourth-order valence-corrected chi connectivity index (χ4v) is 0.937. The lowest BCUT2D eigenvalue weighted by Crippen LogP contribution is -2.08. The molecule has 0 spiro atoms. The van der Waals surface area contributed by atoms with Crippen molar-refractivity contribution < 1.29 is 14.0 Å². The van der Waals surface area contributed by atoms with Gasteiger partial charge in [-0.25, -0.2) is 0 Å². The van der Waals surface area contributed by atoms with Crippen molar-refractivity contribution >= 4 is 5.88 Å². The number of hydrogen-bond donors (Lipinski definition) is 1. The van der Waals surface area contributed by atoms with E-state index in [1.165, 1.54) is 0 Å². The van der Waals surface area contributed by atoms with Crippen molar-refractivity contribution in [1.29, 1.82) is 0 Å². The summed E-state index contributed by atoms with van der Waals surface area (Å²) in [6, 6.07) is 1.59. The van der Waals surface area contributed by atoms with Crippen LogP contribution in [0.2, 0.25) is 0 Å². The Morgan fingerprint density at radius 3 is 2.46 bits per heavy atom. The van der Waals surface area contributed by atoms with Crippen molar-refractivity contribution in [3.63, 3.8) is 0 Å². The SMILES string of the molecule is CCOC(OCC)c1cc(N)on1. The zero-order chi connectivity index (χ0) is 9.68. The van der Waals surface area contributed by atoms with Gasteiger partial charge in [0.05, 0.1) is 0 Å². The number of rotatable bonds is 5. The van der Waals surface area contributed by atoms with Crippen LogP contribution >= 0.6 is 0 Å². The quantitative estimate of drug-likeness (QED) is 0.702. The van der Waals surface area contributed by atoms with Crippen molar-refractivity contribution in [3.05, 3.63) is 11.8 Å². The summed E-state index contributed by atoms with van der Waals surface area (Å²) >= 11 is 0. The van der Waals surface area contributed by atoms with Gasteiger partial charge in [-0.1, -0.05) is 5.16 Å². The van der Waals surface area contributed by atoms with Crippen LogP contribution in [0, 0.1) is 0 Å². The van der Waals surface area contributed by atoms with Gasteiger partial charge in [0.15, 0.2) is 0 Å². The van der Waals surface area contributed by atoms with Gasteiger partial charge in [0.2, 0.25) is 12.2 Å². The highest BCUT2D eigenvalue weighted by Crippen LogP contribution is 2.19. The van der Waals surface area contributed by atoms with Crippen LogP contribution < -0.4 is 5.73 Å². The summed E-state index contributed by atoms with van der Waals surface area (Å²) < 4.78 is 15.3. The Morgan fingerprint density at radius 1 is 1.46 bits per heavy atom. The Kier molecular flexibility index (Phi) is 3.72. The number of ether oxygens (including phenoxy) is 2. The molecule has 5 heteroatoms. The highest BCUT2D eigenvalue weighted by molar-refractivity contribution is 5.24. The second-order valence-corrected chi connectivity index (χ2v) is 2.40. The van der Waals surface area contributed by atoms with Gasteiger partial charge in [0.25, 0.3) is 0 Å². The summed E-state index contributed by atoms with van der Waals surface area (Å²) in [6.45, 7) is 4.87. The van der Waals surface area contributed by atoms with E-state index >= 15 is 0 Å². The minimum absolute atomic E-state index is 0.263. The van der Waals surface area contributed by atoms with E-state index in [-0.39, 0.29) is 5.88 Å². The van der Waals surface area contributed by atoms with Crippen LogP contribution in [-0.2, 0) is 9.47 Å².